The lowest BCUT2D eigenvalue weighted by atomic mass is 10.0. The van der Waals surface area contributed by atoms with Crippen LogP contribution in [-0.4, -0.2) is 16.0 Å². The second-order valence-electron chi connectivity index (χ2n) is 5.55. The van der Waals surface area contributed by atoms with E-state index in [0.717, 1.165) is 23.2 Å². The molecule has 0 unspecified atom stereocenters. The van der Waals surface area contributed by atoms with Gasteiger partial charge < -0.3 is 5.73 Å². The Bertz CT molecular complexity index is 825. The smallest absolute Gasteiger partial charge is 0.190 e. The first-order valence-electron chi connectivity index (χ1n) is 8.22. The van der Waals surface area contributed by atoms with Gasteiger partial charge in [0, 0.05) is 23.9 Å². The van der Waals surface area contributed by atoms with Crippen LogP contribution < -0.4 is 5.73 Å². The average Bonchev–Trinajstić information content (AvgIpc) is 3.09. The number of carbonyl (C=O) groups excluding carboxylic acids is 1. The molecule has 0 saturated carbocycles. The Morgan fingerprint density at radius 2 is 2.08 bits per heavy atom. The number of nitrogens with one attached hydrogen (secondary N) is 1. The molecule has 2 rings (SSSR count). The van der Waals surface area contributed by atoms with E-state index >= 15 is 0 Å². The van der Waals surface area contributed by atoms with Crippen LogP contribution in [0.3, 0.4) is 0 Å². The van der Waals surface area contributed by atoms with Crippen LogP contribution in [0.4, 0.5) is 0 Å². The molecule has 0 aliphatic carbocycles. The largest absolute Gasteiger partial charge is 0.402 e. The van der Waals surface area contributed by atoms with Crippen molar-refractivity contribution in [3.05, 3.63) is 95.5 Å². The summed E-state index contributed by atoms with van der Waals surface area (Å²) in [6.07, 6.45) is 13.7. The van der Waals surface area contributed by atoms with E-state index in [1.165, 1.54) is 6.08 Å². The molecule has 128 valence electrons. The van der Waals surface area contributed by atoms with Crippen LogP contribution in [0.5, 0.6) is 0 Å². The minimum absolute atomic E-state index is 0.120. The van der Waals surface area contributed by atoms with E-state index in [0.29, 0.717) is 17.7 Å². The van der Waals surface area contributed by atoms with Crippen molar-refractivity contribution in [2.45, 2.75) is 19.8 Å². The highest BCUT2D eigenvalue weighted by molar-refractivity contribution is 6.05. The second kappa shape index (κ2) is 9.23. The molecule has 0 atom stereocenters. The van der Waals surface area contributed by atoms with Crippen LogP contribution in [0.15, 0.2) is 73.1 Å². The number of aromatic nitrogens is 2. The minimum atomic E-state index is -0.120. The maximum absolute atomic E-state index is 12.4. The number of benzene rings is 1. The first kappa shape index (κ1) is 18.2. The molecule has 1 heterocycles. The maximum atomic E-state index is 12.4. The summed E-state index contributed by atoms with van der Waals surface area (Å²) in [7, 11) is 0. The molecular formula is C21H23N3O. The number of aromatic amines is 1. The molecule has 0 aliphatic heterocycles. The summed E-state index contributed by atoms with van der Waals surface area (Å²) in [5.41, 5.74) is 10.2. The van der Waals surface area contributed by atoms with E-state index in [9.17, 15) is 4.79 Å². The number of nitrogens with zero attached hydrogens (tertiary/aromatic N) is 1. The number of rotatable bonds is 8. The fourth-order valence-electron chi connectivity index (χ4n) is 2.47. The number of allylic oxidation sites excluding steroid dienone is 6. The topological polar surface area (TPSA) is 71.8 Å². The van der Waals surface area contributed by atoms with Gasteiger partial charge in [0.1, 0.15) is 0 Å². The monoisotopic (exact) mass is 333 g/mol. The molecule has 4 nitrogen and oxygen atoms in total. The van der Waals surface area contributed by atoms with Crippen molar-refractivity contribution in [1.29, 1.82) is 0 Å². The highest BCUT2D eigenvalue weighted by Crippen LogP contribution is 2.15. The molecule has 1 aromatic heterocycles. The number of H-pyrrole nitrogens is 1. The maximum Gasteiger partial charge on any atom is 0.190 e. The third-order valence-corrected chi connectivity index (χ3v) is 3.74. The van der Waals surface area contributed by atoms with E-state index in [2.05, 4.69) is 16.8 Å². The molecular weight excluding hydrogens is 310 g/mol. The van der Waals surface area contributed by atoms with Gasteiger partial charge in [-0.3, -0.25) is 9.89 Å². The minimum Gasteiger partial charge on any atom is -0.402 e. The molecule has 0 aliphatic rings. The molecule has 0 bridgehead atoms. The van der Waals surface area contributed by atoms with Gasteiger partial charge >= 0.3 is 0 Å². The number of hydrogen-bond donors (Lipinski definition) is 2. The van der Waals surface area contributed by atoms with Crippen LogP contribution in [0.25, 0.3) is 6.08 Å². The van der Waals surface area contributed by atoms with Gasteiger partial charge in [-0.1, -0.05) is 68.1 Å². The van der Waals surface area contributed by atoms with Gasteiger partial charge in [-0.2, -0.15) is 5.10 Å². The summed E-state index contributed by atoms with van der Waals surface area (Å²) in [6.45, 7) is 5.61. The van der Waals surface area contributed by atoms with E-state index < -0.39 is 0 Å². The lowest BCUT2D eigenvalue weighted by Crippen LogP contribution is -2.07. The van der Waals surface area contributed by atoms with Crippen LogP contribution in [0.2, 0.25) is 0 Å². The Kier molecular flexibility index (Phi) is 6.72. The van der Waals surface area contributed by atoms with Gasteiger partial charge in [0.15, 0.2) is 5.78 Å². The predicted octanol–water partition coefficient (Wildman–Crippen LogP) is 4.00. The second-order valence-corrected chi connectivity index (χ2v) is 5.55. The van der Waals surface area contributed by atoms with Gasteiger partial charge in [-0.25, -0.2) is 0 Å². The third-order valence-electron chi connectivity index (χ3n) is 3.74. The van der Waals surface area contributed by atoms with Crippen molar-refractivity contribution in [1.82, 2.24) is 10.2 Å². The van der Waals surface area contributed by atoms with Crippen LogP contribution in [-0.2, 0) is 12.8 Å². The summed E-state index contributed by atoms with van der Waals surface area (Å²) >= 11 is 0. The third kappa shape index (κ3) is 5.18. The first-order valence-corrected chi connectivity index (χ1v) is 8.22. The van der Waals surface area contributed by atoms with Gasteiger partial charge in [0.25, 0.3) is 0 Å². The molecule has 4 heteroatoms. The van der Waals surface area contributed by atoms with Gasteiger partial charge in [-0.05, 0) is 17.5 Å². The molecule has 0 radical (unpaired) electrons. The Morgan fingerprint density at radius 3 is 2.84 bits per heavy atom. The lowest BCUT2D eigenvalue weighted by Gasteiger charge is -2.06. The zero-order chi connectivity index (χ0) is 18.1. The van der Waals surface area contributed by atoms with Crippen molar-refractivity contribution < 1.29 is 4.79 Å². The number of nitrogens with two attached hydrogens (primary N) is 1. The summed E-state index contributed by atoms with van der Waals surface area (Å²) < 4.78 is 0. The van der Waals surface area contributed by atoms with Crippen molar-refractivity contribution in [2.24, 2.45) is 5.73 Å². The lowest BCUT2D eigenvalue weighted by molar-refractivity contribution is 0.104. The van der Waals surface area contributed by atoms with Gasteiger partial charge in [0.05, 0.1) is 11.8 Å². The van der Waals surface area contributed by atoms with Crippen LogP contribution in [0.1, 0.15) is 34.1 Å². The molecule has 1 aromatic carbocycles. The standard InChI is InChI=1S/C21H23N3O/c1-3-5-6-7-10-16-11-8-9-12-17(16)13-18(22)14-21(25)19-15-23-24-20(19)4-2/h3,5-12,14-15H,1,4,13,22H2,2H3,(H,23,24)/b6-5-,10-7+,18-14-. The highest BCUT2D eigenvalue weighted by Gasteiger charge is 2.11. The Labute approximate surface area is 148 Å². The van der Waals surface area contributed by atoms with E-state index in [4.69, 9.17) is 5.73 Å². The molecule has 0 spiro atoms. The van der Waals surface area contributed by atoms with E-state index in [1.54, 1.807) is 12.3 Å². The Morgan fingerprint density at radius 1 is 1.28 bits per heavy atom. The van der Waals surface area contributed by atoms with Crippen LogP contribution >= 0.6 is 0 Å². The van der Waals surface area contributed by atoms with Crippen LogP contribution in [0, 0.1) is 0 Å². The predicted molar refractivity (Wildman–Crippen MR) is 103 cm³/mol. The molecule has 25 heavy (non-hydrogen) atoms. The van der Waals surface area contributed by atoms with E-state index in [-0.39, 0.29) is 5.78 Å². The Balaban J connectivity index is 2.16. The van der Waals surface area contributed by atoms with Crippen molar-refractivity contribution in [3.8, 4) is 0 Å². The molecule has 0 amide bonds. The molecule has 3 N–H and O–H groups in total. The Hall–Kier alpha value is -3.14. The SMILES string of the molecule is C=C/C=C\C=C\c1ccccc1C/C(N)=C/C(=O)c1cn[nH]c1CC. The normalized spacial score (nSPS) is 12.1. The van der Waals surface area contributed by atoms with E-state index in [1.807, 2.05) is 55.5 Å². The summed E-state index contributed by atoms with van der Waals surface area (Å²) in [5.74, 6) is -0.120. The zero-order valence-corrected chi connectivity index (χ0v) is 14.4. The molecule has 0 fully saturated rings. The molecule has 2 aromatic rings. The quantitative estimate of drug-likeness (QED) is 0.436. The van der Waals surface area contributed by atoms with Gasteiger partial charge in [-0.15, -0.1) is 0 Å². The summed E-state index contributed by atoms with van der Waals surface area (Å²) in [6, 6.07) is 7.97. The number of aryl methyl sites for hydroxylation is 1. The molecule has 0 saturated heterocycles. The summed E-state index contributed by atoms with van der Waals surface area (Å²) in [5, 5.41) is 6.77. The fourth-order valence-corrected chi connectivity index (χ4v) is 2.47. The zero-order valence-electron chi connectivity index (χ0n) is 14.4. The number of hydrogen-bond acceptors (Lipinski definition) is 3. The van der Waals surface area contributed by atoms with Crippen molar-refractivity contribution >= 4 is 11.9 Å². The average molecular weight is 333 g/mol. The van der Waals surface area contributed by atoms with Crippen molar-refractivity contribution in [3.63, 3.8) is 0 Å². The number of ketones is 1. The number of carbonyl (C=O) groups is 1. The fraction of sp³-hybridized carbons (Fsp3) is 0.143. The van der Waals surface area contributed by atoms with Crippen molar-refractivity contribution in [2.75, 3.05) is 0 Å². The highest BCUT2D eigenvalue weighted by atomic mass is 16.1. The van der Waals surface area contributed by atoms with Gasteiger partial charge in [0.2, 0.25) is 0 Å². The summed E-state index contributed by atoms with van der Waals surface area (Å²) in [4.78, 5) is 12.4. The first-order chi connectivity index (χ1) is 12.2.